The second-order valence-corrected chi connectivity index (χ2v) is 14.8. The molecular weight excluding hydrogens is 840 g/mol. The van der Waals surface area contributed by atoms with Crippen LogP contribution in [0.3, 0.4) is 0 Å². The highest BCUT2D eigenvalue weighted by molar-refractivity contribution is 6.02. The molecule has 0 spiro atoms. The Morgan fingerprint density at radius 1 is 0.698 bits per heavy atom. The maximum atomic E-state index is 13.6. The van der Waals surface area contributed by atoms with Gasteiger partial charge in [-0.15, -0.1) is 0 Å². The molecular formula is C42H38O21. The lowest BCUT2D eigenvalue weighted by Gasteiger charge is -2.39. The molecule has 0 aromatic heterocycles. The average Bonchev–Trinajstić information content (AvgIpc) is 3.35. The smallest absolute Gasteiger partial charge is 0.338 e. The van der Waals surface area contributed by atoms with Crippen molar-refractivity contribution in [1.82, 2.24) is 0 Å². The summed E-state index contributed by atoms with van der Waals surface area (Å²) in [6, 6.07) is 8.47. The summed E-state index contributed by atoms with van der Waals surface area (Å²) in [6.45, 7) is -0.767. The number of aromatic hydroxyl groups is 10. The molecule has 2 aliphatic rings. The van der Waals surface area contributed by atoms with Crippen molar-refractivity contribution >= 4 is 22.5 Å². The highest BCUT2D eigenvalue weighted by Gasteiger charge is 2.45. The van der Waals surface area contributed by atoms with E-state index in [4.69, 9.17) is 18.9 Å². The third kappa shape index (κ3) is 8.21. The fraction of sp³-hybridized carbons (Fsp3) is 0.262. The Morgan fingerprint density at radius 3 is 2.00 bits per heavy atom. The van der Waals surface area contributed by atoms with Crippen LogP contribution >= 0.6 is 0 Å². The average molecular weight is 879 g/mol. The molecule has 332 valence electrons. The highest BCUT2D eigenvalue weighted by Crippen LogP contribution is 2.46. The molecule has 7 rings (SSSR count). The van der Waals surface area contributed by atoms with Gasteiger partial charge in [-0.1, -0.05) is 0 Å². The van der Waals surface area contributed by atoms with Gasteiger partial charge in [0.25, 0.3) is 0 Å². The van der Waals surface area contributed by atoms with Gasteiger partial charge in [0.15, 0.2) is 46.4 Å². The Hall–Kier alpha value is -7.43. The number of aliphatic hydroxyl groups is 4. The van der Waals surface area contributed by atoms with Gasteiger partial charge in [0.1, 0.15) is 70.6 Å². The molecule has 63 heavy (non-hydrogen) atoms. The summed E-state index contributed by atoms with van der Waals surface area (Å²) in [5.74, 6) is -10.7. The van der Waals surface area contributed by atoms with Crippen molar-refractivity contribution < 1.29 is 100 Å². The van der Waals surface area contributed by atoms with Gasteiger partial charge in [-0.2, -0.15) is 0 Å². The van der Waals surface area contributed by atoms with Gasteiger partial charge in [0.05, 0.1) is 17.6 Å². The van der Waals surface area contributed by atoms with Crippen LogP contribution in [0.1, 0.15) is 49.9 Å². The third-order valence-corrected chi connectivity index (χ3v) is 10.6. The van der Waals surface area contributed by atoms with Crippen LogP contribution in [0.15, 0.2) is 59.4 Å². The Morgan fingerprint density at radius 2 is 1.35 bits per heavy atom. The molecule has 0 aliphatic carbocycles. The predicted octanol–water partition coefficient (Wildman–Crippen LogP) is 1.15. The second-order valence-electron chi connectivity index (χ2n) is 14.8. The first-order chi connectivity index (χ1) is 29.8. The number of aryl methyl sites for hydroxylation is 1. The maximum Gasteiger partial charge on any atom is 0.338 e. The zero-order chi connectivity index (χ0) is 45.8. The number of aliphatic hydroxyl groups excluding tert-OH is 4. The molecule has 0 bridgehead atoms. The molecule has 21 heteroatoms. The van der Waals surface area contributed by atoms with Crippen molar-refractivity contribution in [2.75, 3.05) is 6.61 Å². The van der Waals surface area contributed by atoms with Gasteiger partial charge in [0, 0.05) is 48.2 Å². The van der Waals surface area contributed by atoms with E-state index in [9.17, 15) is 85.9 Å². The van der Waals surface area contributed by atoms with E-state index in [1.165, 1.54) is 6.07 Å². The van der Waals surface area contributed by atoms with E-state index in [-0.39, 0.29) is 46.4 Å². The van der Waals surface area contributed by atoms with Gasteiger partial charge < -0.3 is 90.4 Å². The van der Waals surface area contributed by atoms with Crippen molar-refractivity contribution in [3.8, 4) is 69.0 Å². The van der Waals surface area contributed by atoms with Gasteiger partial charge in [0.2, 0.25) is 11.7 Å². The molecule has 21 nitrogen and oxygen atoms in total. The van der Waals surface area contributed by atoms with Crippen LogP contribution in [-0.2, 0) is 22.3 Å². The minimum absolute atomic E-state index is 0.0163. The van der Waals surface area contributed by atoms with Crippen LogP contribution in [0.4, 0.5) is 0 Å². The van der Waals surface area contributed by atoms with E-state index in [2.05, 4.69) is 0 Å². The molecule has 1 saturated heterocycles. The molecule has 1 fully saturated rings. The molecule has 14 N–H and O–H groups in total. The number of rotatable bonds is 10. The summed E-state index contributed by atoms with van der Waals surface area (Å²) in [5, 5.41) is 144. The van der Waals surface area contributed by atoms with Crippen molar-refractivity contribution in [2.24, 2.45) is 0 Å². The summed E-state index contributed by atoms with van der Waals surface area (Å²) in [4.78, 5) is 40.5. The van der Waals surface area contributed by atoms with Crippen LogP contribution in [0.5, 0.6) is 69.0 Å². The van der Waals surface area contributed by atoms with Crippen molar-refractivity contribution in [3.05, 3.63) is 92.6 Å². The van der Waals surface area contributed by atoms with Gasteiger partial charge in [-0.3, -0.25) is 9.59 Å². The van der Waals surface area contributed by atoms with E-state index in [1.54, 1.807) is 0 Å². The van der Waals surface area contributed by atoms with Crippen LogP contribution < -0.4 is 14.9 Å². The van der Waals surface area contributed by atoms with Gasteiger partial charge >= 0.3 is 5.97 Å². The molecule has 5 aromatic carbocycles. The Balaban J connectivity index is 1.24. The maximum absolute atomic E-state index is 13.6. The van der Waals surface area contributed by atoms with Crippen LogP contribution in [0.2, 0.25) is 0 Å². The number of phenolic OH excluding ortho intramolecular Hbond substituents is 9. The number of carbonyl (C=O) groups excluding carboxylic acids is 2. The molecule has 2 aliphatic heterocycles. The van der Waals surface area contributed by atoms with Crippen LogP contribution in [-0.4, -0.2) is 127 Å². The molecule has 0 radical (unpaired) electrons. The van der Waals surface area contributed by atoms with Crippen LogP contribution in [0, 0.1) is 0 Å². The number of carbonyl (C=O) groups is 2. The Kier molecular flexibility index (Phi) is 11.6. The van der Waals surface area contributed by atoms with E-state index in [0.717, 1.165) is 48.5 Å². The molecule has 7 atom stereocenters. The molecule has 0 unspecified atom stereocenters. The van der Waals surface area contributed by atoms with Gasteiger partial charge in [-0.25, -0.2) is 4.79 Å². The van der Waals surface area contributed by atoms with Crippen molar-refractivity contribution in [3.63, 3.8) is 0 Å². The number of phenols is 9. The molecule has 0 amide bonds. The standard InChI is InChI=1S/C42H38O21/c43-13-31-37(56)38(57)39(58)42(63-31)60-18-10-23(47)33(24(48)11-18)21(45)2-1-14-4-27(51)35(54)32-19(14)3-15(5-28(52)36(32)55)40-30(12-20-22(46)8-17(44)9-29(20)61-40)62-41(59)16-6-25(49)34(53)26(50)7-16/h3-11,30-31,37-40,42-44,46-51,53-54,56-58H,1-2,12-13H2,(H,52,55)/t30-,31-,37-,38+,39-,40-,42-/m1/s1. The zero-order valence-corrected chi connectivity index (χ0v) is 32.2. The SMILES string of the molecule is O=C(O[C@@H]1Cc2c(O)cc(O)cc2O[C@@H]1c1cc(=O)c(O)c2c(O)c(O)cc(CCC(=O)c3c(O)cc(O[C@@H]4O[C@H](CO)[C@@H](O)[C@H](O)[C@H]4O)cc3O)c2c1)c1cc(O)c(O)c(O)c1. The number of hydrogen-bond acceptors (Lipinski definition) is 21. The summed E-state index contributed by atoms with van der Waals surface area (Å²) in [7, 11) is 0. The topological polar surface area (TPSA) is 371 Å². The second kappa shape index (κ2) is 16.8. The Bertz CT molecular complexity index is 2670. The van der Waals surface area contributed by atoms with Crippen molar-refractivity contribution in [1.29, 1.82) is 0 Å². The number of fused-ring (bicyclic) bond motifs is 2. The third-order valence-electron chi connectivity index (χ3n) is 10.6. The first-order valence-electron chi connectivity index (χ1n) is 18.8. The highest BCUT2D eigenvalue weighted by atomic mass is 16.7. The monoisotopic (exact) mass is 878 g/mol. The summed E-state index contributed by atoms with van der Waals surface area (Å²) in [6.07, 6.45) is -12.7. The number of ketones is 1. The lowest BCUT2D eigenvalue weighted by atomic mass is 9.92. The number of ether oxygens (including phenoxy) is 4. The van der Waals surface area contributed by atoms with E-state index in [0.29, 0.717) is 0 Å². The lowest BCUT2D eigenvalue weighted by Crippen LogP contribution is -2.60. The van der Waals surface area contributed by atoms with Gasteiger partial charge in [-0.05, 0) is 47.7 Å². The number of benzene rings is 4. The van der Waals surface area contributed by atoms with E-state index >= 15 is 0 Å². The molecule has 2 heterocycles. The summed E-state index contributed by atoms with van der Waals surface area (Å²) >= 11 is 0. The first-order valence-corrected chi connectivity index (χ1v) is 18.8. The number of hydrogen-bond donors (Lipinski definition) is 14. The van der Waals surface area contributed by atoms with E-state index in [1.807, 2.05) is 0 Å². The summed E-state index contributed by atoms with van der Waals surface area (Å²) in [5.41, 5.74) is -2.38. The van der Waals surface area contributed by atoms with E-state index < -0.39 is 147 Å². The normalized spacial score (nSPS) is 21.9. The number of esters is 1. The minimum Gasteiger partial charge on any atom is -0.508 e. The number of Topliss-reactive ketones (excluding diaryl/α,β-unsaturated/α-hetero) is 1. The zero-order valence-electron chi connectivity index (χ0n) is 32.2. The lowest BCUT2D eigenvalue weighted by molar-refractivity contribution is -0.277. The molecule has 5 aromatic rings. The van der Waals surface area contributed by atoms with Crippen LogP contribution in [0.25, 0.3) is 10.8 Å². The minimum atomic E-state index is -1.84. The Labute approximate surface area is 352 Å². The quantitative estimate of drug-likeness (QED) is 0.0531. The largest absolute Gasteiger partial charge is 0.508 e. The fourth-order valence-corrected chi connectivity index (χ4v) is 7.43. The summed E-state index contributed by atoms with van der Waals surface area (Å²) < 4.78 is 22.5. The van der Waals surface area contributed by atoms with Crippen molar-refractivity contribution in [2.45, 2.75) is 62.2 Å². The predicted molar refractivity (Wildman–Crippen MR) is 210 cm³/mol. The first kappa shape index (κ1) is 43.7. The molecule has 0 saturated carbocycles. The fourth-order valence-electron chi connectivity index (χ4n) is 7.43.